The van der Waals surface area contributed by atoms with Crippen LogP contribution in [-0.4, -0.2) is 22.4 Å². The van der Waals surface area contributed by atoms with Crippen LogP contribution in [0.25, 0.3) is 0 Å². The summed E-state index contributed by atoms with van der Waals surface area (Å²) in [6.45, 7) is 8.50. The van der Waals surface area contributed by atoms with Crippen molar-refractivity contribution in [3.63, 3.8) is 0 Å². The molecular formula is C10H23NO. The van der Waals surface area contributed by atoms with Crippen molar-refractivity contribution in [1.29, 1.82) is 0 Å². The van der Waals surface area contributed by atoms with Crippen molar-refractivity contribution < 1.29 is 5.21 Å². The van der Waals surface area contributed by atoms with Crippen LogP contribution in [0.3, 0.4) is 0 Å². The molecule has 0 saturated heterocycles. The molecule has 0 aliphatic rings. The van der Waals surface area contributed by atoms with Crippen molar-refractivity contribution in [3.8, 4) is 0 Å². The Hall–Kier alpha value is -0.0800. The van der Waals surface area contributed by atoms with Gasteiger partial charge in [-0.1, -0.05) is 27.7 Å². The van der Waals surface area contributed by atoms with E-state index in [4.69, 9.17) is 0 Å². The molecule has 2 heteroatoms. The van der Waals surface area contributed by atoms with Crippen LogP contribution < -0.4 is 0 Å². The number of hydrogen-bond donors (Lipinski definition) is 1. The van der Waals surface area contributed by atoms with Gasteiger partial charge < -0.3 is 5.21 Å². The first-order valence-corrected chi connectivity index (χ1v) is 5.18. The molecule has 12 heavy (non-hydrogen) atoms. The molecule has 1 N–H and O–H groups in total. The van der Waals surface area contributed by atoms with E-state index in [-0.39, 0.29) is 0 Å². The van der Waals surface area contributed by atoms with E-state index in [1.54, 1.807) is 5.06 Å². The Morgan fingerprint density at radius 1 is 0.833 bits per heavy atom. The smallest absolute Gasteiger partial charge is 0.0348 e. The first-order chi connectivity index (χ1) is 5.71. The summed E-state index contributed by atoms with van der Waals surface area (Å²) in [4.78, 5) is 0. The molecule has 0 unspecified atom stereocenters. The molecule has 0 fully saturated rings. The third-order valence-corrected chi connectivity index (χ3v) is 2.63. The Labute approximate surface area is 76.5 Å². The summed E-state index contributed by atoms with van der Waals surface area (Å²) in [5, 5.41) is 11.4. The van der Waals surface area contributed by atoms with Gasteiger partial charge >= 0.3 is 0 Å². The number of hydroxylamine groups is 2. The molecule has 0 spiro atoms. The van der Waals surface area contributed by atoms with E-state index >= 15 is 0 Å². The first kappa shape index (κ1) is 11.9. The summed E-state index contributed by atoms with van der Waals surface area (Å²) >= 11 is 0. The van der Waals surface area contributed by atoms with Crippen molar-refractivity contribution in [2.75, 3.05) is 0 Å². The van der Waals surface area contributed by atoms with Gasteiger partial charge in [0.05, 0.1) is 0 Å². The summed E-state index contributed by atoms with van der Waals surface area (Å²) in [5.41, 5.74) is 0. The van der Waals surface area contributed by atoms with Gasteiger partial charge in [-0.15, -0.1) is 0 Å². The minimum absolute atomic E-state index is 0.342. The molecule has 0 saturated carbocycles. The van der Waals surface area contributed by atoms with E-state index in [0.29, 0.717) is 12.1 Å². The predicted octanol–water partition coefficient (Wildman–Crippen LogP) is 3.05. The van der Waals surface area contributed by atoms with Crippen LogP contribution >= 0.6 is 0 Å². The fourth-order valence-electron chi connectivity index (χ4n) is 1.62. The third-order valence-electron chi connectivity index (χ3n) is 2.63. The van der Waals surface area contributed by atoms with Crippen molar-refractivity contribution in [1.82, 2.24) is 5.06 Å². The first-order valence-electron chi connectivity index (χ1n) is 5.18. The number of hydrogen-bond acceptors (Lipinski definition) is 2. The van der Waals surface area contributed by atoms with E-state index in [1.165, 1.54) is 0 Å². The second-order valence-corrected chi connectivity index (χ2v) is 3.32. The average Bonchev–Trinajstić information content (AvgIpc) is 2.09. The zero-order valence-corrected chi connectivity index (χ0v) is 8.88. The van der Waals surface area contributed by atoms with Gasteiger partial charge in [-0.25, -0.2) is 0 Å². The molecule has 0 aromatic carbocycles. The lowest BCUT2D eigenvalue weighted by atomic mass is 10.1. The highest BCUT2D eigenvalue weighted by Crippen LogP contribution is 2.14. The molecular weight excluding hydrogens is 150 g/mol. The van der Waals surface area contributed by atoms with Crippen molar-refractivity contribution in [2.45, 2.75) is 65.5 Å². The zero-order chi connectivity index (χ0) is 9.56. The summed E-state index contributed by atoms with van der Waals surface area (Å²) in [5.74, 6) is 0. The zero-order valence-electron chi connectivity index (χ0n) is 8.88. The van der Waals surface area contributed by atoms with Gasteiger partial charge in [0, 0.05) is 12.1 Å². The SMILES string of the molecule is CCC(CC)N(O)C(CC)CC. The maximum absolute atomic E-state index is 9.80. The van der Waals surface area contributed by atoms with Crippen LogP contribution in [0.4, 0.5) is 0 Å². The van der Waals surface area contributed by atoms with Crippen LogP contribution in [0.2, 0.25) is 0 Å². The molecule has 0 rings (SSSR count). The van der Waals surface area contributed by atoms with Crippen LogP contribution in [0.15, 0.2) is 0 Å². The minimum atomic E-state index is 0.342. The lowest BCUT2D eigenvalue weighted by Gasteiger charge is -2.30. The van der Waals surface area contributed by atoms with Gasteiger partial charge in [-0.3, -0.25) is 0 Å². The van der Waals surface area contributed by atoms with E-state index in [1.807, 2.05) is 0 Å². The Balaban J connectivity index is 4.02. The summed E-state index contributed by atoms with van der Waals surface area (Å²) in [7, 11) is 0. The molecule has 0 aromatic rings. The highest BCUT2D eigenvalue weighted by molar-refractivity contribution is 4.68. The minimum Gasteiger partial charge on any atom is -0.313 e. The van der Waals surface area contributed by atoms with Gasteiger partial charge in [-0.2, -0.15) is 5.06 Å². The van der Waals surface area contributed by atoms with Crippen molar-refractivity contribution >= 4 is 0 Å². The molecule has 0 radical (unpaired) electrons. The lowest BCUT2D eigenvalue weighted by Crippen LogP contribution is -2.39. The number of nitrogens with zero attached hydrogens (tertiary/aromatic N) is 1. The Kier molecular flexibility index (Phi) is 6.39. The summed E-state index contributed by atoms with van der Waals surface area (Å²) < 4.78 is 0. The predicted molar refractivity (Wildman–Crippen MR) is 52.4 cm³/mol. The van der Waals surface area contributed by atoms with Gasteiger partial charge in [0.2, 0.25) is 0 Å². The van der Waals surface area contributed by atoms with Gasteiger partial charge in [-0.05, 0) is 25.7 Å². The second-order valence-electron chi connectivity index (χ2n) is 3.32. The molecule has 74 valence electrons. The van der Waals surface area contributed by atoms with Gasteiger partial charge in [0.25, 0.3) is 0 Å². The van der Waals surface area contributed by atoms with Crippen LogP contribution in [0.1, 0.15) is 53.4 Å². The molecule has 0 aliphatic carbocycles. The largest absolute Gasteiger partial charge is 0.313 e. The highest BCUT2D eigenvalue weighted by Gasteiger charge is 2.19. The van der Waals surface area contributed by atoms with Crippen LogP contribution in [0.5, 0.6) is 0 Å². The Morgan fingerprint density at radius 2 is 1.08 bits per heavy atom. The van der Waals surface area contributed by atoms with E-state index in [0.717, 1.165) is 25.7 Å². The molecule has 0 bridgehead atoms. The summed E-state index contributed by atoms with van der Waals surface area (Å²) in [6.07, 6.45) is 4.12. The molecule has 0 aliphatic heterocycles. The Bertz CT molecular complexity index is 86.0. The van der Waals surface area contributed by atoms with Crippen LogP contribution in [-0.2, 0) is 0 Å². The van der Waals surface area contributed by atoms with Crippen molar-refractivity contribution in [2.24, 2.45) is 0 Å². The Morgan fingerprint density at radius 3 is 1.25 bits per heavy atom. The van der Waals surface area contributed by atoms with E-state index in [2.05, 4.69) is 27.7 Å². The normalized spacial score (nSPS) is 12.0. The standard InChI is InChI=1S/C10H23NO/c1-5-9(6-2)11(12)10(7-3)8-4/h9-10,12H,5-8H2,1-4H3. The topological polar surface area (TPSA) is 23.5 Å². The molecule has 0 amide bonds. The second kappa shape index (κ2) is 6.44. The number of rotatable bonds is 6. The van der Waals surface area contributed by atoms with E-state index in [9.17, 15) is 5.21 Å². The fraction of sp³-hybridized carbons (Fsp3) is 1.00. The quantitative estimate of drug-likeness (QED) is 0.624. The summed E-state index contributed by atoms with van der Waals surface area (Å²) in [6, 6.07) is 0.685. The maximum Gasteiger partial charge on any atom is 0.0348 e. The molecule has 2 nitrogen and oxygen atoms in total. The lowest BCUT2D eigenvalue weighted by molar-refractivity contribution is -0.162. The molecule has 0 atom stereocenters. The van der Waals surface area contributed by atoms with Gasteiger partial charge in [0.15, 0.2) is 0 Å². The van der Waals surface area contributed by atoms with Gasteiger partial charge in [0.1, 0.15) is 0 Å². The maximum atomic E-state index is 9.80. The highest BCUT2D eigenvalue weighted by atomic mass is 16.5. The van der Waals surface area contributed by atoms with Crippen LogP contribution in [0, 0.1) is 0 Å². The molecule has 0 aromatic heterocycles. The average molecular weight is 173 g/mol. The third kappa shape index (κ3) is 3.11. The fourth-order valence-corrected chi connectivity index (χ4v) is 1.62. The molecule has 0 heterocycles. The van der Waals surface area contributed by atoms with Crippen molar-refractivity contribution in [3.05, 3.63) is 0 Å². The van der Waals surface area contributed by atoms with E-state index < -0.39 is 0 Å². The monoisotopic (exact) mass is 173 g/mol.